The molecule has 3 heteroatoms. The number of hydrogen-bond acceptors (Lipinski definition) is 3. The first-order valence-electron chi connectivity index (χ1n) is 38.9. The highest BCUT2D eigenvalue weighted by Gasteiger charge is 2.44. The topological polar surface area (TPSA) is 9.72 Å². The molecule has 0 spiro atoms. The van der Waals surface area contributed by atoms with Crippen LogP contribution in [0.1, 0.15) is 200 Å². The molecule has 0 amide bonds. The lowest BCUT2D eigenvalue weighted by atomic mass is 9.72. The smallest absolute Gasteiger partial charge is 0.0457 e. The van der Waals surface area contributed by atoms with Crippen LogP contribution in [0.15, 0.2) is 261 Å². The predicted octanol–water partition coefficient (Wildman–Crippen LogP) is 28.8. The summed E-state index contributed by atoms with van der Waals surface area (Å²) >= 11 is 0. The van der Waals surface area contributed by atoms with Gasteiger partial charge >= 0.3 is 0 Å². The van der Waals surface area contributed by atoms with Crippen LogP contribution in [0.3, 0.4) is 0 Å². The third-order valence-electron chi connectivity index (χ3n) is 22.9. The summed E-state index contributed by atoms with van der Waals surface area (Å²) < 4.78 is 0. The summed E-state index contributed by atoms with van der Waals surface area (Å²) in [5.74, 6) is 0. The lowest BCUT2D eigenvalue weighted by Crippen LogP contribution is -2.39. The van der Waals surface area contributed by atoms with E-state index < -0.39 is 0 Å². The Kier molecular flexibility index (Phi) is 19.7. The fourth-order valence-corrected chi connectivity index (χ4v) is 18.4. The summed E-state index contributed by atoms with van der Waals surface area (Å²) in [5.41, 5.74) is 39.0. The summed E-state index contributed by atoms with van der Waals surface area (Å²) in [7, 11) is 0. The summed E-state index contributed by atoms with van der Waals surface area (Å²) in [4.78, 5) is 7.67. The molecule has 0 bridgehead atoms. The Bertz CT molecular complexity index is 5210. The Morgan fingerprint density at radius 1 is 0.283 bits per heavy atom. The summed E-state index contributed by atoms with van der Waals surface area (Å²) in [6.07, 6.45) is 2.00. The Labute approximate surface area is 637 Å². The molecule has 0 saturated carbocycles. The molecule has 0 aromatic heterocycles. The SMILES string of the molecule is CC(C)(C)c1c(N(c2ccc(-c3ccccc3)cc2)C(C)(C)C)ccc2c1C(C)(C)c1ccccc1-2.CCc1cc(-c2ccccc2)ccc1N(c1ccc2c(c1CC)C(C)(C)c1ccccc1-2)C(C)(C)C.Cc1cc(-c2ccccc2)ccc1N(c1ccc2c(c1C)C(C)(C)c1ccccc1-2)C(C)(C)C. The third kappa shape index (κ3) is 13.4. The van der Waals surface area contributed by atoms with Crippen molar-refractivity contribution in [3.05, 3.63) is 322 Å². The standard InChI is InChI=1S/2C35H39N.C33H35N/c1-33(2,3)32-30(23-22-28-27-16-12-13-17-29(27)35(7,8)31(28)32)36(34(4,5)6)26-20-18-25(19-21-26)24-14-10-9-11-15-24;1-8-24-23-26(25-15-11-10-12-16-25)19-21-31(24)36(34(3,4)5)32-22-20-29-28-17-13-14-18-30(28)35(6,7)33(29)27(32)9-2;1-22-21-25(24-13-9-8-10-14-24)17-19-29(22)34(32(3,4)5)30-20-18-27-26-15-11-12-16-28(26)33(6,7)31(27)23(30)2/h9-23H,1-8H3;10-23H,8-9H2,1-7H3;8-21H,1-7H3. The molecule has 0 N–H and O–H groups in total. The molecule has 0 unspecified atom stereocenters. The van der Waals surface area contributed by atoms with Gasteiger partial charge in [0.2, 0.25) is 0 Å². The fourth-order valence-electron chi connectivity index (χ4n) is 18.4. The maximum absolute atomic E-state index is 2.60. The van der Waals surface area contributed by atoms with Crippen LogP contribution in [0.25, 0.3) is 66.8 Å². The Morgan fingerprint density at radius 3 is 1.08 bits per heavy atom. The first kappa shape index (κ1) is 74.3. The van der Waals surface area contributed by atoms with E-state index in [1.807, 2.05) is 0 Å². The Balaban J connectivity index is 0.000000141. The molecule has 0 fully saturated rings. The van der Waals surface area contributed by atoms with Crippen molar-refractivity contribution < 1.29 is 0 Å². The zero-order chi connectivity index (χ0) is 75.8. The van der Waals surface area contributed by atoms with Gasteiger partial charge in [-0.1, -0.05) is 282 Å². The normalized spacial score (nSPS) is 14.1. The molecule has 3 nitrogen and oxygen atoms in total. The first-order chi connectivity index (χ1) is 50.2. The number of benzene rings is 12. The third-order valence-corrected chi connectivity index (χ3v) is 22.9. The van der Waals surface area contributed by atoms with Crippen LogP contribution in [0, 0.1) is 13.8 Å². The van der Waals surface area contributed by atoms with Gasteiger partial charge in [-0.3, -0.25) is 0 Å². The highest BCUT2D eigenvalue weighted by molar-refractivity contribution is 5.91. The minimum absolute atomic E-state index is 0.0121. The number of nitrogens with zero attached hydrogens (tertiary/aromatic N) is 3. The van der Waals surface area contributed by atoms with Crippen molar-refractivity contribution in [2.75, 3.05) is 14.7 Å². The van der Waals surface area contributed by atoms with Gasteiger partial charge in [-0.25, -0.2) is 0 Å². The number of fused-ring (bicyclic) bond motifs is 9. The molecule has 12 aromatic carbocycles. The number of aryl methyl sites for hydroxylation is 2. The van der Waals surface area contributed by atoms with Crippen molar-refractivity contribution in [1.29, 1.82) is 0 Å². The first-order valence-corrected chi connectivity index (χ1v) is 38.9. The summed E-state index contributed by atoms with van der Waals surface area (Å²) in [5, 5.41) is 0. The van der Waals surface area contributed by atoms with Gasteiger partial charge in [0.25, 0.3) is 0 Å². The maximum Gasteiger partial charge on any atom is 0.0457 e. The quantitative estimate of drug-likeness (QED) is 0.128. The van der Waals surface area contributed by atoms with Gasteiger partial charge in [0.15, 0.2) is 0 Å². The number of hydrogen-bond donors (Lipinski definition) is 0. The van der Waals surface area contributed by atoms with Gasteiger partial charge in [0.1, 0.15) is 0 Å². The van der Waals surface area contributed by atoms with Crippen molar-refractivity contribution in [2.24, 2.45) is 0 Å². The zero-order valence-electron chi connectivity index (χ0n) is 67.6. The largest absolute Gasteiger partial charge is 0.336 e. The average molecular weight is 1390 g/mol. The van der Waals surface area contributed by atoms with Gasteiger partial charge in [-0.2, -0.15) is 0 Å². The van der Waals surface area contributed by atoms with E-state index in [-0.39, 0.29) is 38.3 Å². The van der Waals surface area contributed by atoms with E-state index in [0.29, 0.717) is 0 Å². The van der Waals surface area contributed by atoms with E-state index in [9.17, 15) is 0 Å². The van der Waals surface area contributed by atoms with Gasteiger partial charge in [-0.05, 0) is 277 Å². The van der Waals surface area contributed by atoms with Crippen LogP contribution in [0.2, 0.25) is 0 Å². The minimum Gasteiger partial charge on any atom is -0.336 e. The monoisotopic (exact) mass is 1390 g/mol. The molecule has 0 saturated heterocycles. The molecular formula is C103H113N3. The van der Waals surface area contributed by atoms with Crippen LogP contribution in [0.4, 0.5) is 34.1 Å². The number of anilines is 6. The van der Waals surface area contributed by atoms with E-state index in [4.69, 9.17) is 0 Å². The molecule has 15 rings (SSSR count). The van der Waals surface area contributed by atoms with E-state index in [1.165, 1.54) is 162 Å². The molecule has 540 valence electrons. The van der Waals surface area contributed by atoms with Crippen molar-refractivity contribution in [3.8, 4) is 66.8 Å². The highest BCUT2D eigenvalue weighted by Crippen LogP contribution is 2.58. The van der Waals surface area contributed by atoms with Crippen molar-refractivity contribution in [2.45, 2.75) is 203 Å². The van der Waals surface area contributed by atoms with Crippen LogP contribution >= 0.6 is 0 Å². The van der Waals surface area contributed by atoms with Gasteiger partial charge in [0, 0.05) is 67.0 Å². The van der Waals surface area contributed by atoms with Crippen LogP contribution in [0.5, 0.6) is 0 Å². The molecule has 0 atom stereocenters. The fraction of sp³-hybridized carbons (Fsp3) is 0.301. The van der Waals surface area contributed by atoms with Crippen LogP contribution in [-0.4, -0.2) is 16.6 Å². The van der Waals surface area contributed by atoms with E-state index >= 15 is 0 Å². The molecule has 0 aliphatic heterocycles. The highest BCUT2D eigenvalue weighted by atomic mass is 15.2. The molecule has 0 heterocycles. The summed E-state index contributed by atoms with van der Waals surface area (Å²) in [6.45, 7) is 51.5. The molecule has 106 heavy (non-hydrogen) atoms. The molecular weight excluding hydrogens is 1280 g/mol. The Morgan fingerprint density at radius 2 is 0.632 bits per heavy atom. The number of rotatable bonds is 11. The lowest BCUT2D eigenvalue weighted by molar-refractivity contribution is 0.531. The summed E-state index contributed by atoms with van der Waals surface area (Å²) in [6, 6.07) is 96.0. The minimum atomic E-state index is -0.0991. The molecule has 3 aliphatic carbocycles. The zero-order valence-corrected chi connectivity index (χ0v) is 67.6. The van der Waals surface area contributed by atoms with Crippen molar-refractivity contribution in [3.63, 3.8) is 0 Å². The second-order valence-electron chi connectivity index (χ2n) is 35.5. The van der Waals surface area contributed by atoms with Gasteiger partial charge in [-0.15, -0.1) is 0 Å². The van der Waals surface area contributed by atoms with Crippen molar-refractivity contribution >= 4 is 34.1 Å². The van der Waals surface area contributed by atoms with Crippen LogP contribution < -0.4 is 14.7 Å². The second-order valence-corrected chi connectivity index (χ2v) is 35.5. The predicted molar refractivity (Wildman–Crippen MR) is 460 cm³/mol. The van der Waals surface area contributed by atoms with Gasteiger partial charge in [0.05, 0.1) is 0 Å². The van der Waals surface area contributed by atoms with E-state index in [0.717, 1.165) is 12.8 Å². The maximum atomic E-state index is 2.60. The Hall–Kier alpha value is -9.96. The van der Waals surface area contributed by atoms with E-state index in [2.05, 4.69) is 428 Å². The van der Waals surface area contributed by atoms with Gasteiger partial charge < -0.3 is 14.7 Å². The second kappa shape index (κ2) is 28.1. The molecule has 12 aromatic rings. The lowest BCUT2D eigenvalue weighted by Gasteiger charge is -2.43. The average Bonchev–Trinajstić information content (AvgIpc) is 1.54. The van der Waals surface area contributed by atoms with Crippen LogP contribution in [-0.2, 0) is 34.5 Å². The van der Waals surface area contributed by atoms with Crippen molar-refractivity contribution in [1.82, 2.24) is 0 Å². The van der Waals surface area contributed by atoms with E-state index in [1.54, 1.807) is 0 Å². The molecule has 3 aliphatic rings. The molecule has 0 radical (unpaired) electrons.